The molecule has 0 radical (unpaired) electrons. The van der Waals surface area contributed by atoms with E-state index in [0.717, 1.165) is 0 Å². The van der Waals surface area contributed by atoms with Gasteiger partial charge in [0.2, 0.25) is 11.8 Å². The fraction of sp³-hybridized carbons (Fsp3) is 0.487. The number of nitrogens with one attached hydrogen (secondary N) is 1. The highest BCUT2D eigenvalue weighted by Crippen LogP contribution is 2.60. The lowest BCUT2D eigenvalue weighted by molar-refractivity contribution is -0.163. The van der Waals surface area contributed by atoms with Crippen LogP contribution in [0.1, 0.15) is 50.2 Å². The number of nitrogens with zero attached hydrogens (tertiary/aromatic N) is 2. The number of unbranched alkanes of at least 4 members (excludes halogenated alkanes) is 2. The molecule has 8 atom stereocenters. The minimum Gasteiger partial charge on any atom is -0.455 e. The van der Waals surface area contributed by atoms with Gasteiger partial charge in [0.15, 0.2) is 0 Å². The Hall–Kier alpha value is -3.55. The van der Waals surface area contributed by atoms with Crippen molar-refractivity contribution in [2.45, 2.75) is 73.2 Å². The summed E-state index contributed by atoms with van der Waals surface area (Å²) in [5.74, 6) is -3.76. The number of carbonyl (C=O) groups excluding carboxylic acids is 4. The van der Waals surface area contributed by atoms with E-state index >= 15 is 0 Å². The van der Waals surface area contributed by atoms with Crippen LogP contribution in [-0.2, 0) is 33.4 Å². The molecule has 11 nitrogen and oxygen atoms in total. The van der Waals surface area contributed by atoms with Crippen LogP contribution in [0.5, 0.6) is 0 Å². The van der Waals surface area contributed by atoms with Gasteiger partial charge in [-0.3, -0.25) is 19.2 Å². The molecule has 13 heteroatoms. The van der Waals surface area contributed by atoms with Gasteiger partial charge in [-0.15, -0.1) is 13.2 Å². The van der Waals surface area contributed by atoms with Crippen LogP contribution in [0, 0.1) is 11.8 Å². The van der Waals surface area contributed by atoms with Crippen molar-refractivity contribution in [1.82, 2.24) is 10.2 Å². The first-order chi connectivity index (χ1) is 25.1. The molecule has 0 aromatic heterocycles. The first kappa shape index (κ1) is 39.7. The number of allylic oxidation sites excluding steroid dienone is 1. The molecule has 52 heavy (non-hydrogen) atoms. The zero-order valence-electron chi connectivity index (χ0n) is 29.3. The predicted octanol–water partition coefficient (Wildman–Crippen LogP) is 5.15. The predicted molar refractivity (Wildman–Crippen MR) is 201 cm³/mol. The van der Waals surface area contributed by atoms with E-state index in [9.17, 15) is 24.3 Å². The third-order valence-corrected chi connectivity index (χ3v) is 11.2. The number of anilines is 1. The second kappa shape index (κ2) is 18.0. The number of aliphatic hydroxyl groups is 1. The summed E-state index contributed by atoms with van der Waals surface area (Å²) in [6.45, 7) is 7.95. The molecule has 2 bridgehead atoms. The number of amides is 3. The minimum atomic E-state index is -1.35. The maximum absolute atomic E-state index is 14.9. The lowest BCUT2D eigenvalue weighted by Gasteiger charge is -2.37. The average molecular weight is 801 g/mol. The van der Waals surface area contributed by atoms with E-state index in [0.29, 0.717) is 48.4 Å². The van der Waals surface area contributed by atoms with Crippen molar-refractivity contribution in [1.29, 1.82) is 0 Å². The van der Waals surface area contributed by atoms with Gasteiger partial charge < -0.3 is 34.4 Å². The number of carbonyl (C=O) groups is 4. The molecule has 0 aliphatic carbocycles. The molecule has 280 valence electrons. The van der Waals surface area contributed by atoms with E-state index in [-0.39, 0.29) is 49.4 Å². The Morgan fingerprint density at radius 1 is 1.13 bits per heavy atom. The number of para-hydroxylation sites is 1. The minimum absolute atomic E-state index is 0.00775. The van der Waals surface area contributed by atoms with Crippen molar-refractivity contribution in [2.24, 2.45) is 11.8 Å². The van der Waals surface area contributed by atoms with Gasteiger partial charge in [0, 0.05) is 38.1 Å². The van der Waals surface area contributed by atoms with Crippen LogP contribution in [0.3, 0.4) is 0 Å². The third kappa shape index (κ3) is 8.01. The summed E-state index contributed by atoms with van der Waals surface area (Å²) < 4.78 is 18.5. The van der Waals surface area contributed by atoms with E-state index < -0.39 is 53.6 Å². The Morgan fingerprint density at radius 3 is 2.54 bits per heavy atom. The van der Waals surface area contributed by atoms with Crippen LogP contribution in [0.4, 0.5) is 5.69 Å². The summed E-state index contributed by atoms with van der Waals surface area (Å²) >= 11 is 10.3. The Bertz CT molecular complexity index is 1610. The highest BCUT2D eigenvalue weighted by Gasteiger charge is 2.77. The zero-order chi connectivity index (χ0) is 37.4. The quantitative estimate of drug-likeness (QED) is 0.0863. The summed E-state index contributed by atoms with van der Waals surface area (Å²) in [6.07, 6.45) is 4.20. The number of alkyl halides is 1. The average Bonchev–Trinajstić information content (AvgIpc) is 3.73. The fourth-order valence-corrected chi connectivity index (χ4v) is 9.05. The van der Waals surface area contributed by atoms with Crippen LogP contribution < -0.4 is 10.2 Å². The number of ether oxygens (including phenoxy) is 3. The number of benzene rings is 2. The van der Waals surface area contributed by atoms with Crippen molar-refractivity contribution in [2.75, 3.05) is 38.3 Å². The standard InChI is InChI=1S/C39H47BrClN3O8/c1-4-6-19-30(46)42-28(24-50-3)33(25-15-9-7-10-16-25)51-38(49)31-32-36(47)44(21-13-8-14-22-45)35(39(32)23-26(40)34(31)52-39)37(48)43(20-5-2)29-18-12-11-17-27(29)41/h4-5,7,9-12,15-18,26,28,31-35,45H,1-2,6,8,13-14,19-24H2,3H3,(H,42,46)/t26?,28-,31-,32+,33-,34-,35-,39+/m1/s1. The molecule has 0 saturated carbocycles. The molecule has 3 heterocycles. The lowest BCUT2D eigenvalue weighted by Crippen LogP contribution is -2.57. The van der Waals surface area contributed by atoms with Crippen molar-refractivity contribution in [3.63, 3.8) is 0 Å². The molecular formula is C39H47BrClN3O8. The summed E-state index contributed by atoms with van der Waals surface area (Å²) in [5.41, 5.74) is -0.251. The molecule has 3 aliphatic rings. The lowest BCUT2D eigenvalue weighted by atomic mass is 9.70. The summed E-state index contributed by atoms with van der Waals surface area (Å²) in [6, 6.07) is 14.2. The van der Waals surface area contributed by atoms with Crippen molar-refractivity contribution in [3.8, 4) is 0 Å². The molecule has 3 aliphatic heterocycles. The number of hydrogen-bond donors (Lipinski definition) is 2. The number of likely N-dealkylation sites (tertiary alicyclic amines) is 1. The zero-order valence-corrected chi connectivity index (χ0v) is 31.7. The maximum Gasteiger partial charge on any atom is 0.313 e. The van der Waals surface area contributed by atoms with Gasteiger partial charge >= 0.3 is 5.97 Å². The largest absolute Gasteiger partial charge is 0.455 e. The number of esters is 1. The first-order valence-electron chi connectivity index (χ1n) is 17.7. The Balaban J connectivity index is 1.52. The number of methoxy groups -OCH3 is 1. The van der Waals surface area contributed by atoms with Crippen LogP contribution >= 0.6 is 27.5 Å². The summed E-state index contributed by atoms with van der Waals surface area (Å²) in [7, 11) is 1.50. The summed E-state index contributed by atoms with van der Waals surface area (Å²) in [5, 5.41) is 12.7. The summed E-state index contributed by atoms with van der Waals surface area (Å²) in [4.78, 5) is 59.7. The topological polar surface area (TPSA) is 135 Å². The monoisotopic (exact) mass is 799 g/mol. The molecule has 2 aromatic rings. The van der Waals surface area contributed by atoms with Gasteiger partial charge in [0.05, 0.1) is 41.3 Å². The van der Waals surface area contributed by atoms with Crippen molar-refractivity contribution in [3.05, 3.63) is 90.5 Å². The second-order valence-electron chi connectivity index (χ2n) is 13.4. The van der Waals surface area contributed by atoms with E-state index in [4.69, 9.17) is 25.8 Å². The van der Waals surface area contributed by atoms with E-state index in [2.05, 4.69) is 34.4 Å². The molecular weight excluding hydrogens is 754 g/mol. The van der Waals surface area contributed by atoms with E-state index in [1.807, 2.05) is 18.2 Å². The number of aliphatic hydroxyl groups excluding tert-OH is 1. The second-order valence-corrected chi connectivity index (χ2v) is 15.0. The molecule has 3 fully saturated rings. The Kier molecular flexibility index (Phi) is 13.7. The van der Waals surface area contributed by atoms with Crippen molar-refractivity contribution < 1.29 is 38.5 Å². The van der Waals surface area contributed by atoms with E-state index in [1.165, 1.54) is 12.0 Å². The van der Waals surface area contributed by atoms with Crippen molar-refractivity contribution >= 4 is 56.9 Å². The van der Waals surface area contributed by atoms with Gasteiger partial charge in [-0.25, -0.2) is 0 Å². The van der Waals surface area contributed by atoms with Crippen LogP contribution in [-0.4, -0.2) is 95.7 Å². The smallest absolute Gasteiger partial charge is 0.313 e. The maximum atomic E-state index is 14.9. The molecule has 2 N–H and O–H groups in total. The number of fused-ring (bicyclic) bond motifs is 1. The highest BCUT2D eigenvalue weighted by atomic mass is 79.9. The number of hydrogen-bond acceptors (Lipinski definition) is 8. The van der Waals surface area contributed by atoms with Gasteiger partial charge in [-0.1, -0.05) is 82.1 Å². The first-order valence-corrected chi connectivity index (χ1v) is 19.0. The highest BCUT2D eigenvalue weighted by molar-refractivity contribution is 9.09. The van der Waals surface area contributed by atoms with Crippen LogP contribution in [0.2, 0.25) is 5.02 Å². The number of halogens is 2. The molecule has 5 rings (SSSR count). The SMILES string of the molecule is C=CCCC(=O)N[C@H](COC)[C@H](OC(=O)[C@H]1[C@@H]2O[C@@]3(CC2Br)[C@@H]1C(=O)N(CCCCCO)[C@@H]3C(=O)N(CC=C)c1ccccc1Cl)c1ccccc1. The molecule has 2 aromatic carbocycles. The van der Waals surface area contributed by atoms with Gasteiger partial charge in [-0.2, -0.15) is 0 Å². The number of rotatable bonds is 19. The fourth-order valence-electron chi connectivity index (χ4n) is 7.87. The van der Waals surface area contributed by atoms with E-state index in [1.54, 1.807) is 53.5 Å². The normalized spacial score (nSPS) is 25.7. The Labute approximate surface area is 318 Å². The molecule has 1 unspecified atom stereocenters. The third-order valence-electron chi connectivity index (χ3n) is 10.1. The molecule has 1 spiro atoms. The van der Waals surface area contributed by atoms with Gasteiger partial charge in [0.25, 0.3) is 5.91 Å². The Morgan fingerprint density at radius 2 is 1.87 bits per heavy atom. The van der Waals surface area contributed by atoms with Crippen LogP contribution in [0.15, 0.2) is 79.9 Å². The van der Waals surface area contributed by atoms with Gasteiger partial charge in [-0.05, 0) is 49.8 Å². The molecule has 3 saturated heterocycles. The van der Waals surface area contributed by atoms with Gasteiger partial charge in [0.1, 0.15) is 17.7 Å². The molecule has 3 amide bonds. The van der Waals surface area contributed by atoms with Crippen LogP contribution in [0.25, 0.3) is 0 Å².